The molecule has 0 aromatic heterocycles. The van der Waals surface area contributed by atoms with Gasteiger partial charge in [0.2, 0.25) is 0 Å². The minimum atomic E-state index is -1.17. The fraction of sp³-hybridized carbons (Fsp3) is 0.400. The molecule has 14 heavy (non-hydrogen) atoms. The van der Waals surface area contributed by atoms with Crippen LogP contribution in [0.5, 0.6) is 0 Å². The maximum atomic E-state index is 13.2. The molecule has 1 nitrogen and oxygen atoms in total. The molecule has 0 heterocycles. The van der Waals surface area contributed by atoms with Gasteiger partial charge < -0.3 is 5.73 Å². The molecule has 0 saturated heterocycles. The minimum absolute atomic E-state index is 0.0754. The van der Waals surface area contributed by atoms with E-state index in [1.165, 1.54) is 0 Å². The summed E-state index contributed by atoms with van der Waals surface area (Å²) in [6.45, 7) is 0. The molecule has 1 aliphatic carbocycles. The third-order valence-electron chi connectivity index (χ3n) is 2.53. The van der Waals surface area contributed by atoms with Crippen molar-refractivity contribution >= 4 is 0 Å². The first-order valence-electron chi connectivity index (χ1n) is 4.49. The topological polar surface area (TPSA) is 26.0 Å². The molecule has 1 aromatic rings. The summed E-state index contributed by atoms with van der Waals surface area (Å²) in [4.78, 5) is 0. The largest absolute Gasteiger partial charge is 0.324 e. The lowest BCUT2D eigenvalue weighted by atomic mass is 10.0. The Morgan fingerprint density at radius 2 is 1.64 bits per heavy atom. The first kappa shape index (κ1) is 9.52. The highest BCUT2D eigenvalue weighted by Crippen LogP contribution is 2.40. The highest BCUT2D eigenvalue weighted by Gasteiger charge is 2.31. The molecule has 4 heteroatoms. The monoisotopic (exact) mass is 201 g/mol. The van der Waals surface area contributed by atoms with Crippen LogP contribution in [0.2, 0.25) is 0 Å². The highest BCUT2D eigenvalue weighted by atomic mass is 19.2. The van der Waals surface area contributed by atoms with Crippen molar-refractivity contribution in [1.29, 1.82) is 0 Å². The molecule has 0 radical (unpaired) electrons. The van der Waals surface area contributed by atoms with Gasteiger partial charge in [-0.25, -0.2) is 13.2 Å². The number of rotatable bonds is 2. The maximum Gasteiger partial charge on any atom is 0.161 e. The van der Waals surface area contributed by atoms with Crippen molar-refractivity contribution in [3.63, 3.8) is 0 Å². The van der Waals surface area contributed by atoms with E-state index in [2.05, 4.69) is 0 Å². The quantitative estimate of drug-likeness (QED) is 0.731. The molecule has 1 aliphatic rings. The van der Waals surface area contributed by atoms with Crippen molar-refractivity contribution in [3.05, 3.63) is 35.1 Å². The Bertz CT molecular complexity index is 361. The third-order valence-corrected chi connectivity index (χ3v) is 2.53. The summed E-state index contributed by atoms with van der Waals surface area (Å²) in [5.41, 5.74) is 5.77. The maximum absolute atomic E-state index is 13.2. The summed E-state index contributed by atoms with van der Waals surface area (Å²) in [7, 11) is 0. The Hall–Kier alpha value is -1.03. The van der Waals surface area contributed by atoms with Gasteiger partial charge in [-0.05, 0) is 24.8 Å². The van der Waals surface area contributed by atoms with Crippen LogP contribution in [-0.4, -0.2) is 0 Å². The van der Waals surface area contributed by atoms with E-state index in [0.29, 0.717) is 6.07 Å². The molecular weight excluding hydrogens is 191 g/mol. The smallest absolute Gasteiger partial charge is 0.161 e. The zero-order valence-corrected chi connectivity index (χ0v) is 7.43. The van der Waals surface area contributed by atoms with Crippen LogP contribution in [-0.2, 0) is 0 Å². The lowest BCUT2D eigenvalue weighted by Crippen LogP contribution is -2.15. The van der Waals surface area contributed by atoms with Crippen LogP contribution in [0.3, 0.4) is 0 Å². The van der Waals surface area contributed by atoms with Crippen molar-refractivity contribution < 1.29 is 13.2 Å². The van der Waals surface area contributed by atoms with Crippen LogP contribution in [0.15, 0.2) is 12.1 Å². The molecule has 0 amide bonds. The van der Waals surface area contributed by atoms with E-state index in [1.54, 1.807) is 0 Å². The van der Waals surface area contributed by atoms with Crippen LogP contribution in [0.4, 0.5) is 13.2 Å². The second-order valence-corrected chi connectivity index (χ2v) is 3.65. The van der Waals surface area contributed by atoms with Crippen molar-refractivity contribution in [2.24, 2.45) is 11.7 Å². The molecule has 1 fully saturated rings. The van der Waals surface area contributed by atoms with Crippen molar-refractivity contribution in [2.45, 2.75) is 18.9 Å². The predicted octanol–water partition coefficient (Wildman–Crippen LogP) is 2.51. The minimum Gasteiger partial charge on any atom is -0.324 e. The van der Waals surface area contributed by atoms with Gasteiger partial charge in [-0.3, -0.25) is 0 Å². The fourth-order valence-electron chi connectivity index (χ4n) is 1.50. The van der Waals surface area contributed by atoms with Crippen molar-refractivity contribution in [3.8, 4) is 0 Å². The van der Waals surface area contributed by atoms with E-state index in [1.807, 2.05) is 0 Å². The van der Waals surface area contributed by atoms with Gasteiger partial charge in [0.15, 0.2) is 11.6 Å². The molecule has 1 aromatic carbocycles. The Kier molecular flexibility index (Phi) is 2.23. The zero-order chi connectivity index (χ0) is 10.3. The fourth-order valence-corrected chi connectivity index (χ4v) is 1.50. The van der Waals surface area contributed by atoms with Crippen LogP contribution < -0.4 is 5.73 Å². The van der Waals surface area contributed by atoms with E-state index < -0.39 is 23.5 Å². The van der Waals surface area contributed by atoms with Gasteiger partial charge in [-0.1, -0.05) is 0 Å². The van der Waals surface area contributed by atoms with Crippen LogP contribution >= 0.6 is 0 Å². The zero-order valence-electron chi connectivity index (χ0n) is 7.43. The van der Waals surface area contributed by atoms with Gasteiger partial charge in [0.25, 0.3) is 0 Å². The van der Waals surface area contributed by atoms with Crippen LogP contribution in [0, 0.1) is 23.4 Å². The number of hydrogen-bond donors (Lipinski definition) is 1. The summed E-state index contributed by atoms with van der Waals surface area (Å²) < 4.78 is 38.6. The number of benzene rings is 1. The lowest BCUT2D eigenvalue weighted by molar-refractivity contribution is 0.479. The summed E-state index contributed by atoms with van der Waals surface area (Å²) in [6.07, 6.45) is 1.86. The SMILES string of the molecule is N[C@@H](c1cc(F)c(F)cc1F)C1CC1. The average molecular weight is 201 g/mol. The predicted molar refractivity (Wildman–Crippen MR) is 46.0 cm³/mol. The second kappa shape index (κ2) is 3.28. The summed E-state index contributed by atoms with van der Waals surface area (Å²) in [6, 6.07) is 0.894. The Morgan fingerprint density at radius 1 is 1.07 bits per heavy atom. The normalized spacial score (nSPS) is 18.3. The molecule has 1 saturated carbocycles. The molecule has 76 valence electrons. The van der Waals surface area contributed by atoms with Crippen molar-refractivity contribution in [1.82, 2.24) is 0 Å². The van der Waals surface area contributed by atoms with Crippen molar-refractivity contribution in [2.75, 3.05) is 0 Å². The highest BCUT2D eigenvalue weighted by molar-refractivity contribution is 5.24. The van der Waals surface area contributed by atoms with E-state index in [-0.39, 0.29) is 11.5 Å². The summed E-state index contributed by atoms with van der Waals surface area (Å²) in [5.74, 6) is -2.76. The van der Waals surface area contributed by atoms with Gasteiger partial charge >= 0.3 is 0 Å². The number of halogens is 3. The lowest BCUT2D eigenvalue weighted by Gasteiger charge is -2.11. The van der Waals surface area contributed by atoms with Gasteiger partial charge in [0.05, 0.1) is 0 Å². The summed E-state index contributed by atoms with van der Waals surface area (Å²) >= 11 is 0. The number of nitrogens with two attached hydrogens (primary N) is 1. The Balaban J connectivity index is 2.36. The molecule has 0 spiro atoms. The Labute approximate surface area is 79.7 Å². The average Bonchev–Trinajstić information content (AvgIpc) is 2.93. The molecule has 2 rings (SSSR count). The summed E-state index contributed by atoms with van der Waals surface area (Å²) in [5, 5.41) is 0. The van der Waals surface area contributed by atoms with Gasteiger partial charge in [-0.15, -0.1) is 0 Å². The van der Waals surface area contributed by atoms with E-state index in [4.69, 9.17) is 5.73 Å². The molecular formula is C10H10F3N. The molecule has 2 N–H and O–H groups in total. The third kappa shape index (κ3) is 1.62. The first-order valence-corrected chi connectivity index (χ1v) is 4.49. The molecule has 0 unspecified atom stereocenters. The second-order valence-electron chi connectivity index (χ2n) is 3.65. The van der Waals surface area contributed by atoms with Gasteiger partial charge in [-0.2, -0.15) is 0 Å². The van der Waals surface area contributed by atoms with Crippen LogP contribution in [0.25, 0.3) is 0 Å². The molecule has 0 bridgehead atoms. The standard InChI is InChI=1S/C10H10F3N/c11-7-4-9(13)8(12)3-6(7)10(14)5-1-2-5/h3-5,10H,1-2,14H2/t10-/m1/s1. The molecule has 1 atom stereocenters. The van der Waals surface area contributed by atoms with Crippen LogP contribution in [0.1, 0.15) is 24.4 Å². The van der Waals surface area contributed by atoms with Gasteiger partial charge in [0, 0.05) is 17.7 Å². The number of hydrogen-bond acceptors (Lipinski definition) is 1. The van der Waals surface area contributed by atoms with E-state index >= 15 is 0 Å². The Morgan fingerprint density at radius 3 is 2.21 bits per heavy atom. The van der Waals surface area contributed by atoms with E-state index in [0.717, 1.165) is 18.9 Å². The first-order chi connectivity index (χ1) is 6.59. The van der Waals surface area contributed by atoms with Gasteiger partial charge in [0.1, 0.15) is 5.82 Å². The molecule has 0 aliphatic heterocycles. The van der Waals surface area contributed by atoms with E-state index in [9.17, 15) is 13.2 Å².